The molecule has 2 aromatic rings. The van der Waals surface area contributed by atoms with Gasteiger partial charge in [-0.25, -0.2) is 4.98 Å². The Morgan fingerprint density at radius 2 is 2.24 bits per heavy atom. The highest BCUT2D eigenvalue weighted by molar-refractivity contribution is 6.30. The standard InChI is InChI=1S/C15H17ClN2O3/c1-9(2)7-20-13-4-3-11(16)5-10(13)6-14-18-12(8-21-14)15(17)19/h3-5,8-9H,6-7H2,1-2H3,(H2,17,19). The van der Waals surface area contributed by atoms with Gasteiger partial charge in [0, 0.05) is 10.6 Å². The zero-order valence-electron chi connectivity index (χ0n) is 11.9. The first-order valence-electron chi connectivity index (χ1n) is 6.61. The number of hydrogen-bond acceptors (Lipinski definition) is 4. The molecule has 21 heavy (non-hydrogen) atoms. The van der Waals surface area contributed by atoms with Crippen LogP contribution in [0.25, 0.3) is 0 Å². The summed E-state index contributed by atoms with van der Waals surface area (Å²) in [6.45, 7) is 4.75. The van der Waals surface area contributed by atoms with Crippen molar-refractivity contribution in [1.82, 2.24) is 4.98 Å². The highest BCUT2D eigenvalue weighted by atomic mass is 35.5. The molecule has 0 unspecified atom stereocenters. The monoisotopic (exact) mass is 308 g/mol. The van der Waals surface area contributed by atoms with Crippen molar-refractivity contribution in [3.05, 3.63) is 46.6 Å². The predicted octanol–water partition coefficient (Wildman–Crippen LogP) is 3.05. The number of oxazole rings is 1. The summed E-state index contributed by atoms with van der Waals surface area (Å²) in [6, 6.07) is 5.38. The fraction of sp³-hybridized carbons (Fsp3) is 0.333. The van der Waals surface area contributed by atoms with Gasteiger partial charge in [-0.15, -0.1) is 0 Å². The third kappa shape index (κ3) is 4.23. The number of hydrogen-bond donors (Lipinski definition) is 1. The van der Waals surface area contributed by atoms with Gasteiger partial charge in [0.1, 0.15) is 12.0 Å². The van der Waals surface area contributed by atoms with Gasteiger partial charge < -0.3 is 14.9 Å². The third-order valence-corrected chi connectivity index (χ3v) is 2.98. The van der Waals surface area contributed by atoms with Gasteiger partial charge >= 0.3 is 0 Å². The van der Waals surface area contributed by atoms with Crippen LogP contribution < -0.4 is 10.5 Å². The number of nitrogens with two attached hydrogens (primary N) is 1. The molecule has 0 saturated heterocycles. The van der Waals surface area contributed by atoms with Gasteiger partial charge in [0.05, 0.1) is 13.0 Å². The fourth-order valence-electron chi connectivity index (χ4n) is 1.75. The molecule has 2 N–H and O–H groups in total. The number of amides is 1. The van der Waals surface area contributed by atoms with Gasteiger partial charge in [0.2, 0.25) is 0 Å². The molecule has 0 radical (unpaired) electrons. The van der Waals surface area contributed by atoms with Crippen molar-refractivity contribution in [2.45, 2.75) is 20.3 Å². The molecule has 0 bridgehead atoms. The lowest BCUT2D eigenvalue weighted by atomic mass is 10.1. The van der Waals surface area contributed by atoms with E-state index in [-0.39, 0.29) is 5.69 Å². The molecule has 1 amide bonds. The Labute approximate surface area is 128 Å². The van der Waals surface area contributed by atoms with Crippen molar-refractivity contribution in [2.75, 3.05) is 6.61 Å². The lowest BCUT2D eigenvalue weighted by molar-refractivity contribution is 0.0995. The van der Waals surface area contributed by atoms with E-state index in [1.807, 2.05) is 6.07 Å². The Morgan fingerprint density at radius 1 is 1.48 bits per heavy atom. The van der Waals surface area contributed by atoms with E-state index in [1.165, 1.54) is 6.26 Å². The average molecular weight is 309 g/mol. The number of aromatic nitrogens is 1. The van der Waals surface area contributed by atoms with Crippen molar-refractivity contribution in [1.29, 1.82) is 0 Å². The van der Waals surface area contributed by atoms with Gasteiger partial charge in [0.25, 0.3) is 5.91 Å². The molecule has 0 aliphatic carbocycles. The van der Waals surface area contributed by atoms with E-state index in [0.717, 1.165) is 11.3 Å². The van der Waals surface area contributed by atoms with Crippen LogP contribution in [0.5, 0.6) is 5.75 Å². The van der Waals surface area contributed by atoms with E-state index < -0.39 is 5.91 Å². The van der Waals surface area contributed by atoms with Crippen LogP contribution >= 0.6 is 11.6 Å². The maximum atomic E-state index is 11.0. The molecule has 0 aliphatic rings. The molecule has 0 saturated carbocycles. The average Bonchev–Trinajstić information content (AvgIpc) is 2.86. The van der Waals surface area contributed by atoms with Crippen molar-refractivity contribution < 1.29 is 13.9 Å². The van der Waals surface area contributed by atoms with Crippen molar-refractivity contribution in [2.24, 2.45) is 11.7 Å². The largest absolute Gasteiger partial charge is 0.493 e. The van der Waals surface area contributed by atoms with Crippen LogP contribution in [0, 0.1) is 5.92 Å². The minimum Gasteiger partial charge on any atom is -0.493 e. The first kappa shape index (κ1) is 15.4. The Bertz CT molecular complexity index is 638. The Balaban J connectivity index is 2.20. The molecule has 0 atom stereocenters. The molecule has 5 nitrogen and oxygen atoms in total. The summed E-state index contributed by atoms with van der Waals surface area (Å²) in [5, 5.41) is 0.601. The van der Waals surface area contributed by atoms with Crippen LogP contribution in [0.3, 0.4) is 0 Å². The van der Waals surface area contributed by atoms with E-state index >= 15 is 0 Å². The molecular weight excluding hydrogens is 292 g/mol. The van der Waals surface area contributed by atoms with Crippen LogP contribution in [0.4, 0.5) is 0 Å². The minimum atomic E-state index is -0.618. The predicted molar refractivity (Wildman–Crippen MR) is 79.6 cm³/mol. The van der Waals surface area contributed by atoms with Gasteiger partial charge in [-0.2, -0.15) is 0 Å². The molecule has 2 rings (SSSR count). The van der Waals surface area contributed by atoms with Gasteiger partial charge in [-0.1, -0.05) is 25.4 Å². The summed E-state index contributed by atoms with van der Waals surface area (Å²) in [5.41, 5.74) is 6.10. The number of carbonyl (C=O) groups excluding carboxylic acids is 1. The van der Waals surface area contributed by atoms with E-state index in [9.17, 15) is 4.79 Å². The highest BCUT2D eigenvalue weighted by Crippen LogP contribution is 2.25. The van der Waals surface area contributed by atoms with E-state index in [4.69, 9.17) is 26.5 Å². The number of halogens is 1. The number of carbonyl (C=O) groups is 1. The topological polar surface area (TPSA) is 78.4 Å². The molecule has 1 aromatic carbocycles. The summed E-state index contributed by atoms with van der Waals surface area (Å²) in [7, 11) is 0. The zero-order valence-corrected chi connectivity index (χ0v) is 12.7. The number of rotatable bonds is 6. The lowest BCUT2D eigenvalue weighted by Crippen LogP contribution is -2.11. The van der Waals surface area contributed by atoms with Crippen LogP contribution in [0.15, 0.2) is 28.9 Å². The van der Waals surface area contributed by atoms with E-state index in [1.54, 1.807) is 12.1 Å². The van der Waals surface area contributed by atoms with Crippen molar-refractivity contribution in [3.63, 3.8) is 0 Å². The van der Waals surface area contributed by atoms with Crippen LogP contribution in [0.2, 0.25) is 5.02 Å². The zero-order chi connectivity index (χ0) is 15.4. The van der Waals surface area contributed by atoms with Crippen LogP contribution in [-0.2, 0) is 6.42 Å². The number of primary amides is 1. The number of nitrogens with zero attached hydrogens (tertiary/aromatic N) is 1. The third-order valence-electron chi connectivity index (χ3n) is 2.74. The Morgan fingerprint density at radius 3 is 2.86 bits per heavy atom. The van der Waals surface area contributed by atoms with Crippen molar-refractivity contribution in [3.8, 4) is 5.75 Å². The van der Waals surface area contributed by atoms with Crippen LogP contribution in [-0.4, -0.2) is 17.5 Å². The Kier molecular flexibility index (Phi) is 4.85. The van der Waals surface area contributed by atoms with Gasteiger partial charge in [-0.05, 0) is 24.1 Å². The maximum absolute atomic E-state index is 11.0. The minimum absolute atomic E-state index is 0.108. The molecule has 1 heterocycles. The summed E-state index contributed by atoms with van der Waals surface area (Å²) in [5.74, 6) is 0.913. The van der Waals surface area contributed by atoms with E-state index in [0.29, 0.717) is 29.9 Å². The second-order valence-corrected chi connectivity index (χ2v) is 5.56. The lowest BCUT2D eigenvalue weighted by Gasteiger charge is -2.12. The molecule has 0 fully saturated rings. The summed E-state index contributed by atoms with van der Waals surface area (Å²) >= 11 is 6.02. The second-order valence-electron chi connectivity index (χ2n) is 5.12. The Hall–Kier alpha value is -2.01. The quantitative estimate of drug-likeness (QED) is 0.889. The smallest absolute Gasteiger partial charge is 0.270 e. The maximum Gasteiger partial charge on any atom is 0.270 e. The molecule has 1 aromatic heterocycles. The summed E-state index contributed by atoms with van der Waals surface area (Å²) < 4.78 is 11.0. The first-order valence-corrected chi connectivity index (χ1v) is 6.99. The molecule has 0 spiro atoms. The second kappa shape index (κ2) is 6.63. The number of ether oxygens (including phenoxy) is 1. The molecule has 112 valence electrons. The van der Waals surface area contributed by atoms with Gasteiger partial charge in [0.15, 0.2) is 11.6 Å². The number of benzene rings is 1. The SMILES string of the molecule is CC(C)COc1ccc(Cl)cc1Cc1nc(C(N)=O)co1. The van der Waals surface area contributed by atoms with E-state index in [2.05, 4.69) is 18.8 Å². The first-order chi connectivity index (χ1) is 9.95. The molecule has 6 heteroatoms. The summed E-state index contributed by atoms with van der Waals surface area (Å²) in [6.07, 6.45) is 1.62. The molecular formula is C15H17ClN2O3. The van der Waals surface area contributed by atoms with Crippen LogP contribution in [0.1, 0.15) is 35.8 Å². The van der Waals surface area contributed by atoms with Crippen molar-refractivity contribution >= 4 is 17.5 Å². The highest BCUT2D eigenvalue weighted by Gasteiger charge is 2.13. The normalized spacial score (nSPS) is 10.9. The van der Waals surface area contributed by atoms with Gasteiger partial charge in [-0.3, -0.25) is 4.79 Å². The fourth-order valence-corrected chi connectivity index (χ4v) is 1.95. The summed E-state index contributed by atoms with van der Waals surface area (Å²) in [4.78, 5) is 15.1. The molecule has 0 aliphatic heterocycles.